The Labute approximate surface area is 157 Å². The van der Waals surface area contributed by atoms with E-state index in [0.717, 1.165) is 28.8 Å². The molecule has 2 aromatic heterocycles. The van der Waals surface area contributed by atoms with Gasteiger partial charge in [-0.15, -0.1) is 0 Å². The number of benzene rings is 1. The third-order valence-electron chi connectivity index (χ3n) is 3.97. The van der Waals surface area contributed by atoms with Gasteiger partial charge in [-0.25, -0.2) is 14.8 Å². The summed E-state index contributed by atoms with van der Waals surface area (Å²) in [5.41, 5.74) is 4.27. The lowest BCUT2D eigenvalue weighted by atomic mass is 10.1. The number of ether oxygens (including phenoxy) is 1. The molecule has 3 rings (SSSR count). The van der Waals surface area contributed by atoms with Crippen LogP contribution in [0.1, 0.15) is 35.0 Å². The summed E-state index contributed by atoms with van der Waals surface area (Å²) in [6, 6.07) is 9.36. The van der Waals surface area contributed by atoms with Gasteiger partial charge in [0.05, 0.1) is 12.3 Å². The third-order valence-corrected chi connectivity index (χ3v) is 4.21. The molecule has 0 bridgehead atoms. The van der Waals surface area contributed by atoms with E-state index in [0.29, 0.717) is 28.5 Å². The Bertz CT molecular complexity index is 973. The third kappa shape index (κ3) is 3.78. The summed E-state index contributed by atoms with van der Waals surface area (Å²) in [6.07, 6.45) is 2.27. The van der Waals surface area contributed by atoms with Crippen LogP contribution in [0.2, 0.25) is 5.02 Å². The maximum Gasteiger partial charge on any atom is 0.341 e. The Hall–Kier alpha value is -2.66. The van der Waals surface area contributed by atoms with Crippen LogP contribution < -0.4 is 5.32 Å². The van der Waals surface area contributed by atoms with Crippen LogP contribution in [0.4, 0.5) is 11.4 Å². The number of carbonyl (C=O) groups excluding carboxylic acids is 1. The van der Waals surface area contributed by atoms with Crippen LogP contribution in [0.3, 0.4) is 0 Å². The molecule has 26 heavy (non-hydrogen) atoms. The van der Waals surface area contributed by atoms with Crippen LogP contribution in [0.5, 0.6) is 0 Å². The van der Waals surface area contributed by atoms with Crippen LogP contribution in [-0.4, -0.2) is 22.5 Å². The van der Waals surface area contributed by atoms with Gasteiger partial charge in [0, 0.05) is 28.0 Å². The summed E-state index contributed by atoms with van der Waals surface area (Å²) in [7, 11) is 0. The van der Waals surface area contributed by atoms with Gasteiger partial charge >= 0.3 is 5.97 Å². The van der Waals surface area contributed by atoms with Gasteiger partial charge in [-0.05, 0) is 56.2 Å². The van der Waals surface area contributed by atoms with Crippen molar-refractivity contribution in [3.63, 3.8) is 0 Å². The number of halogens is 1. The zero-order chi connectivity index (χ0) is 18.7. The molecule has 1 aromatic carbocycles. The predicted octanol–water partition coefficient (Wildman–Crippen LogP) is 5.21. The monoisotopic (exact) mass is 369 g/mol. The Balaban J connectivity index is 2.13. The maximum atomic E-state index is 12.5. The van der Waals surface area contributed by atoms with Crippen molar-refractivity contribution in [2.75, 3.05) is 11.9 Å². The maximum absolute atomic E-state index is 12.5. The van der Waals surface area contributed by atoms with Crippen molar-refractivity contribution in [2.24, 2.45) is 0 Å². The van der Waals surface area contributed by atoms with E-state index < -0.39 is 5.97 Å². The first-order valence-corrected chi connectivity index (χ1v) is 8.84. The zero-order valence-corrected chi connectivity index (χ0v) is 15.7. The Morgan fingerprint density at radius 1 is 1.23 bits per heavy atom. The second kappa shape index (κ2) is 7.70. The number of carbonyl (C=O) groups is 1. The average molecular weight is 370 g/mol. The lowest BCUT2D eigenvalue weighted by Gasteiger charge is -2.16. The topological polar surface area (TPSA) is 64.1 Å². The predicted molar refractivity (Wildman–Crippen MR) is 104 cm³/mol. The fourth-order valence-corrected chi connectivity index (χ4v) is 2.86. The van der Waals surface area contributed by atoms with E-state index in [1.807, 2.05) is 45.0 Å². The van der Waals surface area contributed by atoms with Gasteiger partial charge in [-0.2, -0.15) is 0 Å². The number of hydrogen-bond acceptors (Lipinski definition) is 5. The quantitative estimate of drug-likeness (QED) is 0.625. The van der Waals surface area contributed by atoms with Crippen molar-refractivity contribution in [3.8, 4) is 0 Å². The van der Waals surface area contributed by atoms with Crippen molar-refractivity contribution in [1.29, 1.82) is 0 Å². The molecule has 0 aliphatic carbocycles. The highest BCUT2D eigenvalue weighted by Crippen LogP contribution is 2.31. The van der Waals surface area contributed by atoms with E-state index in [1.54, 1.807) is 6.07 Å². The number of nitrogens with one attached hydrogen (secondary N) is 1. The molecule has 0 unspecified atom stereocenters. The second-order valence-electron chi connectivity index (χ2n) is 6.09. The second-order valence-corrected chi connectivity index (χ2v) is 6.53. The minimum Gasteiger partial charge on any atom is -0.462 e. The number of aromatic nitrogens is 2. The number of hydrogen-bond donors (Lipinski definition) is 1. The molecule has 0 radical (unpaired) electrons. The van der Waals surface area contributed by atoms with E-state index in [-0.39, 0.29) is 0 Å². The van der Waals surface area contributed by atoms with Crippen LogP contribution in [0, 0.1) is 13.8 Å². The average Bonchev–Trinajstić information content (AvgIpc) is 2.61. The molecule has 0 atom stereocenters. The fourth-order valence-electron chi connectivity index (χ4n) is 2.64. The van der Waals surface area contributed by atoms with Gasteiger partial charge in [-0.1, -0.05) is 18.5 Å². The molecule has 134 valence electrons. The summed E-state index contributed by atoms with van der Waals surface area (Å²) in [6.45, 7) is 6.17. The van der Waals surface area contributed by atoms with E-state index >= 15 is 0 Å². The van der Waals surface area contributed by atoms with Gasteiger partial charge < -0.3 is 10.1 Å². The van der Waals surface area contributed by atoms with Crippen LogP contribution in [0.15, 0.2) is 36.5 Å². The van der Waals surface area contributed by atoms with Gasteiger partial charge in [-0.3, -0.25) is 0 Å². The molecule has 0 amide bonds. The first-order valence-electron chi connectivity index (χ1n) is 8.46. The van der Waals surface area contributed by atoms with E-state index in [1.165, 1.54) is 6.20 Å². The highest BCUT2D eigenvalue weighted by Gasteiger charge is 2.18. The molecule has 0 spiro atoms. The molecule has 0 fully saturated rings. The lowest BCUT2D eigenvalue weighted by molar-refractivity contribution is 0.0506. The summed E-state index contributed by atoms with van der Waals surface area (Å²) >= 11 is 6.05. The Kier molecular flexibility index (Phi) is 5.38. The molecule has 0 saturated heterocycles. The molecule has 6 heteroatoms. The SMILES string of the molecule is CCCOC(=O)c1cnc2nc(C)ccc2c1Nc1ccc(Cl)cc1C. The summed E-state index contributed by atoms with van der Waals surface area (Å²) < 4.78 is 5.32. The number of esters is 1. The number of pyridine rings is 2. The van der Waals surface area contributed by atoms with Crippen molar-refractivity contribution >= 4 is 40.0 Å². The number of rotatable bonds is 5. The molecular weight excluding hydrogens is 350 g/mol. The van der Waals surface area contributed by atoms with Gasteiger partial charge in [0.1, 0.15) is 5.56 Å². The van der Waals surface area contributed by atoms with Gasteiger partial charge in [0.2, 0.25) is 0 Å². The van der Waals surface area contributed by atoms with Crippen LogP contribution in [-0.2, 0) is 4.74 Å². The number of fused-ring (bicyclic) bond motifs is 1. The number of nitrogens with zero attached hydrogens (tertiary/aromatic N) is 2. The first-order chi connectivity index (χ1) is 12.5. The molecule has 5 nitrogen and oxygen atoms in total. The molecule has 3 aromatic rings. The first kappa shape index (κ1) is 18.1. The summed E-state index contributed by atoms with van der Waals surface area (Å²) in [5.74, 6) is -0.407. The summed E-state index contributed by atoms with van der Waals surface area (Å²) in [5, 5.41) is 4.77. The van der Waals surface area contributed by atoms with Crippen molar-refractivity contribution < 1.29 is 9.53 Å². The van der Waals surface area contributed by atoms with Gasteiger partial charge in [0.25, 0.3) is 0 Å². The molecular formula is C20H20ClN3O2. The molecule has 0 saturated carbocycles. The lowest BCUT2D eigenvalue weighted by Crippen LogP contribution is -2.10. The standard InChI is InChI=1S/C20H20ClN3O2/c1-4-9-26-20(25)16-11-22-19-15(7-5-13(3)23-19)18(16)24-17-8-6-14(21)10-12(17)2/h5-8,10-11H,4,9H2,1-3H3,(H,22,23,24). The molecule has 0 aliphatic heterocycles. The van der Waals surface area contributed by atoms with Crippen molar-refractivity contribution in [3.05, 3.63) is 58.4 Å². The molecule has 2 heterocycles. The Morgan fingerprint density at radius 2 is 2.04 bits per heavy atom. The van der Waals surface area contributed by atoms with Crippen LogP contribution in [0.25, 0.3) is 11.0 Å². The molecule has 0 aliphatic rings. The highest BCUT2D eigenvalue weighted by atomic mass is 35.5. The molecule has 1 N–H and O–H groups in total. The fraction of sp³-hybridized carbons (Fsp3) is 0.250. The van der Waals surface area contributed by atoms with E-state index in [4.69, 9.17) is 16.3 Å². The van der Waals surface area contributed by atoms with E-state index in [9.17, 15) is 4.79 Å². The number of aryl methyl sites for hydroxylation is 2. The largest absolute Gasteiger partial charge is 0.462 e. The van der Waals surface area contributed by atoms with E-state index in [2.05, 4.69) is 15.3 Å². The van der Waals surface area contributed by atoms with Crippen LogP contribution >= 0.6 is 11.6 Å². The smallest absolute Gasteiger partial charge is 0.341 e. The van der Waals surface area contributed by atoms with Gasteiger partial charge in [0.15, 0.2) is 5.65 Å². The summed E-state index contributed by atoms with van der Waals surface area (Å²) in [4.78, 5) is 21.3. The zero-order valence-electron chi connectivity index (χ0n) is 15.0. The van der Waals surface area contributed by atoms with Crippen molar-refractivity contribution in [2.45, 2.75) is 27.2 Å². The Morgan fingerprint density at radius 3 is 2.77 bits per heavy atom. The highest BCUT2D eigenvalue weighted by molar-refractivity contribution is 6.30. The minimum absolute atomic E-state index is 0.364. The number of anilines is 2. The van der Waals surface area contributed by atoms with Crippen molar-refractivity contribution in [1.82, 2.24) is 9.97 Å². The normalized spacial score (nSPS) is 10.8. The minimum atomic E-state index is -0.407.